The zero-order chi connectivity index (χ0) is 7.28. The third kappa shape index (κ3) is 2.78. The van der Waals surface area contributed by atoms with E-state index in [1.807, 2.05) is 0 Å². The zero-order valence-electron chi connectivity index (χ0n) is 4.90. The molecule has 0 radical (unpaired) electrons. The highest BCUT2D eigenvalue weighted by atomic mass is 35.5. The van der Waals surface area contributed by atoms with Crippen LogP contribution in [-0.4, -0.2) is 5.97 Å². The van der Waals surface area contributed by atoms with E-state index in [1.165, 1.54) is 6.92 Å². The molecule has 0 saturated heterocycles. The molecule has 0 spiro atoms. The van der Waals surface area contributed by atoms with E-state index in [-0.39, 0.29) is 5.57 Å². The summed E-state index contributed by atoms with van der Waals surface area (Å²) < 4.78 is 3.83. The van der Waals surface area contributed by atoms with Crippen LogP contribution in [0.3, 0.4) is 0 Å². The van der Waals surface area contributed by atoms with Gasteiger partial charge in [0.15, 0.2) is 0 Å². The van der Waals surface area contributed by atoms with Crippen molar-refractivity contribution in [3.63, 3.8) is 0 Å². The van der Waals surface area contributed by atoms with Crippen molar-refractivity contribution in [2.24, 2.45) is 0 Å². The molecule has 0 aromatic heterocycles. The number of carbonyl (C=O) groups is 1. The Kier molecular flexibility index (Phi) is 3.57. The average Bonchev–Trinajstić information content (AvgIpc) is 1.87. The molecule has 0 heterocycles. The molecule has 3 heteroatoms. The van der Waals surface area contributed by atoms with Crippen molar-refractivity contribution in [3.05, 3.63) is 23.6 Å². The van der Waals surface area contributed by atoms with Crippen LogP contribution in [0.1, 0.15) is 6.92 Å². The first-order valence-corrected chi connectivity index (χ1v) is 2.47. The van der Waals surface area contributed by atoms with Crippen LogP contribution in [0.4, 0.5) is 0 Å². The van der Waals surface area contributed by atoms with E-state index in [4.69, 9.17) is 11.9 Å². The molecule has 9 heavy (non-hydrogen) atoms. The molecule has 0 aliphatic rings. The molecule has 0 aromatic rings. The number of hydrogen-bond acceptors (Lipinski definition) is 2. The minimum absolute atomic E-state index is 0.250. The second-order valence-electron chi connectivity index (χ2n) is 1.29. The van der Waals surface area contributed by atoms with E-state index in [0.717, 1.165) is 0 Å². The first-order valence-electron chi connectivity index (χ1n) is 2.17. The molecule has 0 aromatic carbocycles. The molecule has 0 aliphatic carbocycles. The minimum atomic E-state index is -0.632. The van der Waals surface area contributed by atoms with Gasteiger partial charge in [0.2, 0.25) is 0 Å². The largest absolute Gasteiger partial charge is 0.360 e. The fourth-order valence-corrected chi connectivity index (χ4v) is 0.357. The standard InChI is InChI=1S/C6H5ClO2/c1-3-4-5(2)6(8)9-7/h1H2,2H3. The van der Waals surface area contributed by atoms with E-state index >= 15 is 0 Å². The van der Waals surface area contributed by atoms with E-state index in [0.29, 0.717) is 0 Å². The Bertz CT molecular complexity index is 195. The predicted octanol–water partition coefficient (Wildman–Crippen LogP) is 1.57. The fraction of sp³-hybridized carbons (Fsp3) is 0.167. The second-order valence-corrected chi connectivity index (χ2v) is 1.45. The van der Waals surface area contributed by atoms with Gasteiger partial charge < -0.3 is 4.29 Å². The summed E-state index contributed by atoms with van der Waals surface area (Å²) in [5.41, 5.74) is 4.93. The Hall–Kier alpha value is -0.940. The lowest BCUT2D eigenvalue weighted by atomic mass is 10.3. The summed E-state index contributed by atoms with van der Waals surface area (Å²) in [4.78, 5) is 10.4. The van der Waals surface area contributed by atoms with Gasteiger partial charge in [0.1, 0.15) is 11.9 Å². The molecule has 0 aliphatic heterocycles. The predicted molar refractivity (Wildman–Crippen MR) is 33.8 cm³/mol. The van der Waals surface area contributed by atoms with Crippen molar-refractivity contribution in [1.82, 2.24) is 0 Å². The first kappa shape index (κ1) is 8.06. The van der Waals surface area contributed by atoms with E-state index in [2.05, 4.69) is 22.3 Å². The van der Waals surface area contributed by atoms with Gasteiger partial charge in [0.25, 0.3) is 0 Å². The van der Waals surface area contributed by atoms with Crippen molar-refractivity contribution < 1.29 is 9.08 Å². The normalized spacial score (nSPS) is 6.89. The van der Waals surface area contributed by atoms with Gasteiger partial charge >= 0.3 is 5.97 Å². The maximum Gasteiger partial charge on any atom is 0.360 e. The average molecular weight is 145 g/mol. The van der Waals surface area contributed by atoms with Crippen LogP contribution < -0.4 is 0 Å². The molecule has 0 unspecified atom stereocenters. The van der Waals surface area contributed by atoms with Gasteiger partial charge in [-0.1, -0.05) is 11.5 Å². The molecular weight excluding hydrogens is 140 g/mol. The number of hydrogen-bond donors (Lipinski definition) is 0. The topological polar surface area (TPSA) is 26.3 Å². The van der Waals surface area contributed by atoms with Crippen LogP contribution in [0.5, 0.6) is 0 Å². The van der Waals surface area contributed by atoms with Gasteiger partial charge in [-0.2, -0.15) is 0 Å². The summed E-state index contributed by atoms with van der Waals surface area (Å²) in [6.07, 6.45) is 0. The van der Waals surface area contributed by atoms with E-state index in [9.17, 15) is 4.79 Å². The Morgan fingerprint density at radius 3 is 2.67 bits per heavy atom. The smallest absolute Gasteiger partial charge is 0.343 e. The highest BCUT2D eigenvalue weighted by Gasteiger charge is 2.01. The van der Waals surface area contributed by atoms with Gasteiger partial charge in [-0.25, -0.2) is 4.79 Å². The Morgan fingerprint density at radius 1 is 1.78 bits per heavy atom. The molecule has 0 fully saturated rings. The second kappa shape index (κ2) is 3.99. The van der Waals surface area contributed by atoms with Gasteiger partial charge in [-0.05, 0) is 13.5 Å². The quantitative estimate of drug-likeness (QED) is 0.413. The monoisotopic (exact) mass is 144 g/mol. The Labute approximate surface area is 58.2 Å². The van der Waals surface area contributed by atoms with Crippen molar-refractivity contribution in [2.75, 3.05) is 0 Å². The van der Waals surface area contributed by atoms with Crippen LogP contribution in [0.15, 0.2) is 23.6 Å². The lowest BCUT2D eigenvalue weighted by Gasteiger charge is -1.86. The van der Waals surface area contributed by atoms with Gasteiger partial charge in [-0.15, -0.1) is 0 Å². The maximum atomic E-state index is 10.4. The van der Waals surface area contributed by atoms with Crippen LogP contribution in [0, 0.1) is 0 Å². The SMILES string of the molecule is C=C=C=C(C)C(=O)OCl. The molecule has 0 amide bonds. The summed E-state index contributed by atoms with van der Waals surface area (Å²) in [6.45, 7) is 4.71. The molecular formula is C6H5ClO2. The Morgan fingerprint density at radius 2 is 2.33 bits per heavy atom. The summed E-state index contributed by atoms with van der Waals surface area (Å²) >= 11 is 4.72. The number of rotatable bonds is 1. The number of halogens is 1. The first-order chi connectivity index (χ1) is 4.22. The summed E-state index contributed by atoms with van der Waals surface area (Å²) in [5.74, 6) is -0.632. The van der Waals surface area contributed by atoms with Gasteiger partial charge in [-0.3, -0.25) is 0 Å². The van der Waals surface area contributed by atoms with Gasteiger partial charge in [0, 0.05) is 0 Å². The molecule has 0 bridgehead atoms. The zero-order valence-corrected chi connectivity index (χ0v) is 5.66. The summed E-state index contributed by atoms with van der Waals surface area (Å²) in [5, 5.41) is 0. The van der Waals surface area contributed by atoms with Crippen LogP contribution in [0.2, 0.25) is 0 Å². The van der Waals surface area contributed by atoms with Crippen LogP contribution >= 0.6 is 11.9 Å². The van der Waals surface area contributed by atoms with Crippen molar-refractivity contribution in [3.8, 4) is 0 Å². The molecule has 0 N–H and O–H groups in total. The fourth-order valence-electron chi connectivity index (χ4n) is 0.241. The third-order valence-electron chi connectivity index (χ3n) is 0.652. The Balaban J connectivity index is 4.39. The minimum Gasteiger partial charge on any atom is -0.343 e. The molecule has 0 atom stereocenters. The molecule has 0 rings (SSSR count). The van der Waals surface area contributed by atoms with Crippen molar-refractivity contribution in [2.45, 2.75) is 6.92 Å². The maximum absolute atomic E-state index is 10.4. The summed E-state index contributed by atoms with van der Waals surface area (Å²) in [7, 11) is 0. The highest BCUT2D eigenvalue weighted by Crippen LogP contribution is 1.94. The van der Waals surface area contributed by atoms with E-state index in [1.54, 1.807) is 0 Å². The lowest BCUT2D eigenvalue weighted by molar-refractivity contribution is -0.129. The van der Waals surface area contributed by atoms with Crippen LogP contribution in [-0.2, 0) is 9.08 Å². The molecule has 48 valence electrons. The molecule has 0 saturated carbocycles. The van der Waals surface area contributed by atoms with E-state index < -0.39 is 5.97 Å². The van der Waals surface area contributed by atoms with Gasteiger partial charge in [0.05, 0.1) is 5.57 Å². The van der Waals surface area contributed by atoms with Crippen molar-refractivity contribution >= 4 is 17.8 Å². The van der Waals surface area contributed by atoms with Crippen LogP contribution in [0.25, 0.3) is 0 Å². The molecule has 2 nitrogen and oxygen atoms in total. The summed E-state index contributed by atoms with van der Waals surface area (Å²) in [6, 6.07) is 0. The third-order valence-corrected chi connectivity index (χ3v) is 0.792. The van der Waals surface area contributed by atoms with Crippen molar-refractivity contribution in [1.29, 1.82) is 0 Å². The lowest BCUT2D eigenvalue weighted by Crippen LogP contribution is -1.95. The highest BCUT2D eigenvalue weighted by molar-refractivity contribution is 6.15. The number of carbonyl (C=O) groups excluding carboxylic acids is 1.